The highest BCUT2D eigenvalue weighted by atomic mass is 32.1. The van der Waals surface area contributed by atoms with E-state index in [1.807, 2.05) is 52.8 Å². The number of hydrogen-bond acceptors (Lipinski definition) is 5. The van der Waals surface area contributed by atoms with Gasteiger partial charge in [-0.05, 0) is 72.1 Å². The molecular weight excluding hydrogens is 414 g/mol. The Labute approximate surface area is 191 Å². The maximum atomic E-state index is 13.3. The van der Waals surface area contributed by atoms with E-state index in [2.05, 4.69) is 23.3 Å². The van der Waals surface area contributed by atoms with Crippen molar-refractivity contribution < 1.29 is 19.1 Å². The number of benzene rings is 1. The first-order valence-corrected chi connectivity index (χ1v) is 11.0. The number of hydrogen-bond donors (Lipinski definition) is 3. The first kappa shape index (κ1) is 26.8. The van der Waals surface area contributed by atoms with Crippen LogP contribution < -0.4 is 10.6 Å². The fraction of sp³-hybridized carbons (Fsp3) is 0.609. The van der Waals surface area contributed by atoms with Crippen LogP contribution in [-0.2, 0) is 14.3 Å². The number of alkyl carbamates (subject to hydrolysis) is 1. The molecule has 2 unspecified atom stereocenters. The van der Waals surface area contributed by atoms with Gasteiger partial charge in [-0.1, -0.05) is 18.2 Å². The van der Waals surface area contributed by atoms with Crippen molar-refractivity contribution in [3.05, 3.63) is 34.9 Å². The van der Waals surface area contributed by atoms with E-state index >= 15 is 0 Å². The number of aryl methyl sites for hydroxylation is 2. The van der Waals surface area contributed by atoms with Crippen LogP contribution in [-0.4, -0.2) is 52.8 Å². The number of carbonyl (C=O) groups excluding carboxylic acids is 3. The Bertz CT molecular complexity index is 792. The minimum atomic E-state index is -0.947. The summed E-state index contributed by atoms with van der Waals surface area (Å²) >= 11 is 4.23. The van der Waals surface area contributed by atoms with Crippen molar-refractivity contribution in [2.45, 2.75) is 78.6 Å². The minimum absolute atomic E-state index is 0.0583. The zero-order valence-corrected chi connectivity index (χ0v) is 21.0. The first-order chi connectivity index (χ1) is 14.1. The second-order valence-electron chi connectivity index (χ2n) is 9.78. The Kier molecular flexibility index (Phi) is 8.99. The number of carbonyl (C=O) groups is 3. The van der Waals surface area contributed by atoms with Gasteiger partial charge >= 0.3 is 6.09 Å². The van der Waals surface area contributed by atoms with Gasteiger partial charge in [0.15, 0.2) is 0 Å². The fourth-order valence-electron chi connectivity index (χ4n) is 3.21. The van der Waals surface area contributed by atoms with Gasteiger partial charge in [-0.3, -0.25) is 9.59 Å². The number of amides is 3. The predicted molar refractivity (Wildman–Crippen MR) is 126 cm³/mol. The van der Waals surface area contributed by atoms with Gasteiger partial charge in [-0.15, -0.1) is 0 Å². The second-order valence-corrected chi connectivity index (χ2v) is 10.1. The lowest BCUT2D eigenvalue weighted by Crippen LogP contribution is -2.54. The standard InChI is InChI=1S/C23H37N3O4S/c1-14-11-10-12-15(2)17(14)18(19(27)25-22(3,4)5)26(9)20(28)16(13-31)24-21(29)30-23(6,7)8/h10-12,16,18,31H,13H2,1-9H3,(H,24,29)(H,25,27). The van der Waals surface area contributed by atoms with Gasteiger partial charge in [0.1, 0.15) is 17.7 Å². The highest BCUT2D eigenvalue weighted by Gasteiger charge is 2.36. The molecule has 0 radical (unpaired) electrons. The maximum Gasteiger partial charge on any atom is 0.408 e. The summed E-state index contributed by atoms with van der Waals surface area (Å²) < 4.78 is 5.26. The van der Waals surface area contributed by atoms with Crippen molar-refractivity contribution >= 4 is 30.5 Å². The molecule has 0 aromatic heterocycles. The van der Waals surface area contributed by atoms with Crippen molar-refractivity contribution in [3.8, 4) is 0 Å². The number of nitrogens with one attached hydrogen (secondary N) is 2. The number of thiol groups is 1. The Morgan fingerprint density at radius 1 is 1.06 bits per heavy atom. The lowest BCUT2D eigenvalue weighted by atomic mass is 9.93. The van der Waals surface area contributed by atoms with Gasteiger partial charge in [0.25, 0.3) is 0 Å². The van der Waals surface area contributed by atoms with Crippen LogP contribution in [0.5, 0.6) is 0 Å². The normalized spacial score (nSPS) is 13.7. The first-order valence-electron chi connectivity index (χ1n) is 10.3. The molecule has 0 saturated heterocycles. The number of likely N-dealkylation sites (N-methyl/N-ethyl adjacent to an activating group) is 1. The van der Waals surface area contributed by atoms with Gasteiger partial charge in [0.05, 0.1) is 0 Å². The predicted octanol–water partition coefficient (Wildman–Crippen LogP) is 3.54. The quantitative estimate of drug-likeness (QED) is 0.577. The van der Waals surface area contributed by atoms with Crippen LogP contribution in [0.4, 0.5) is 4.79 Å². The molecule has 3 amide bonds. The number of rotatable bonds is 6. The van der Waals surface area contributed by atoms with Gasteiger partial charge in [0, 0.05) is 18.3 Å². The summed E-state index contributed by atoms with van der Waals surface area (Å²) in [6, 6.07) is 3.92. The van der Waals surface area contributed by atoms with E-state index in [0.29, 0.717) is 0 Å². The van der Waals surface area contributed by atoms with Gasteiger partial charge in [-0.2, -0.15) is 12.6 Å². The van der Waals surface area contributed by atoms with Crippen LogP contribution in [0.1, 0.15) is 64.3 Å². The molecule has 0 spiro atoms. The van der Waals surface area contributed by atoms with Crippen LogP contribution in [0.3, 0.4) is 0 Å². The summed E-state index contributed by atoms with van der Waals surface area (Å²) in [5, 5.41) is 5.54. The summed E-state index contributed by atoms with van der Waals surface area (Å²) in [6.07, 6.45) is -0.712. The lowest BCUT2D eigenvalue weighted by molar-refractivity contribution is -0.141. The van der Waals surface area contributed by atoms with E-state index < -0.39 is 35.2 Å². The summed E-state index contributed by atoms with van der Waals surface area (Å²) in [5.74, 6) is -0.670. The van der Waals surface area contributed by atoms with Crippen molar-refractivity contribution in [1.29, 1.82) is 0 Å². The molecule has 1 rings (SSSR count). The van der Waals surface area contributed by atoms with E-state index in [1.54, 1.807) is 27.8 Å². The zero-order valence-electron chi connectivity index (χ0n) is 20.1. The largest absolute Gasteiger partial charge is 0.444 e. The van der Waals surface area contributed by atoms with E-state index in [1.165, 1.54) is 4.90 Å². The smallest absolute Gasteiger partial charge is 0.408 e. The average Bonchev–Trinajstić information content (AvgIpc) is 2.58. The molecule has 2 atom stereocenters. The molecule has 8 heteroatoms. The second kappa shape index (κ2) is 10.4. The van der Waals surface area contributed by atoms with E-state index in [0.717, 1.165) is 16.7 Å². The molecule has 0 heterocycles. The van der Waals surface area contributed by atoms with E-state index in [9.17, 15) is 14.4 Å². The van der Waals surface area contributed by atoms with Crippen LogP contribution in [0.2, 0.25) is 0 Å². The van der Waals surface area contributed by atoms with Gasteiger partial charge < -0.3 is 20.3 Å². The third kappa shape index (κ3) is 8.09. The van der Waals surface area contributed by atoms with Crippen molar-refractivity contribution in [1.82, 2.24) is 15.5 Å². The molecule has 1 aromatic rings. The minimum Gasteiger partial charge on any atom is -0.444 e. The summed E-state index contributed by atoms with van der Waals surface area (Å²) in [7, 11) is 1.56. The Hall–Kier alpha value is -2.22. The highest BCUT2D eigenvalue weighted by molar-refractivity contribution is 7.80. The third-order valence-corrected chi connectivity index (χ3v) is 4.83. The zero-order chi connectivity index (χ0) is 24.1. The molecule has 7 nitrogen and oxygen atoms in total. The Balaban J connectivity index is 3.29. The molecule has 0 aliphatic rings. The molecule has 0 fully saturated rings. The highest BCUT2D eigenvalue weighted by Crippen LogP contribution is 2.28. The molecule has 0 saturated carbocycles. The number of nitrogens with zero attached hydrogens (tertiary/aromatic N) is 1. The molecule has 0 bridgehead atoms. The topological polar surface area (TPSA) is 87.7 Å². The van der Waals surface area contributed by atoms with Crippen molar-refractivity contribution in [2.75, 3.05) is 12.8 Å². The molecule has 2 N–H and O–H groups in total. The average molecular weight is 452 g/mol. The SMILES string of the molecule is Cc1cccc(C)c1C(C(=O)NC(C)(C)C)N(C)C(=O)C(CS)NC(=O)OC(C)(C)C. The third-order valence-electron chi connectivity index (χ3n) is 4.47. The molecule has 1 aromatic carbocycles. The maximum absolute atomic E-state index is 13.3. The summed E-state index contributed by atoms with van der Waals surface area (Å²) in [4.78, 5) is 40.2. The molecule has 0 aliphatic carbocycles. The van der Waals surface area contributed by atoms with Gasteiger partial charge in [0.2, 0.25) is 11.8 Å². The van der Waals surface area contributed by atoms with Gasteiger partial charge in [-0.25, -0.2) is 4.79 Å². The molecular formula is C23H37N3O4S. The van der Waals surface area contributed by atoms with E-state index in [4.69, 9.17) is 4.74 Å². The summed E-state index contributed by atoms with van der Waals surface area (Å²) in [5.41, 5.74) is 1.38. The van der Waals surface area contributed by atoms with Crippen LogP contribution >= 0.6 is 12.6 Å². The van der Waals surface area contributed by atoms with E-state index in [-0.39, 0.29) is 11.7 Å². The molecule has 31 heavy (non-hydrogen) atoms. The van der Waals surface area contributed by atoms with Crippen LogP contribution in [0.15, 0.2) is 18.2 Å². The van der Waals surface area contributed by atoms with Crippen LogP contribution in [0.25, 0.3) is 0 Å². The fourth-order valence-corrected chi connectivity index (χ4v) is 3.45. The molecule has 0 aliphatic heterocycles. The summed E-state index contributed by atoms with van der Waals surface area (Å²) in [6.45, 7) is 14.7. The van der Waals surface area contributed by atoms with Crippen molar-refractivity contribution in [2.24, 2.45) is 0 Å². The van der Waals surface area contributed by atoms with Crippen molar-refractivity contribution in [3.63, 3.8) is 0 Å². The Morgan fingerprint density at radius 3 is 2.00 bits per heavy atom. The van der Waals surface area contributed by atoms with Crippen LogP contribution in [0, 0.1) is 13.8 Å². The lowest BCUT2D eigenvalue weighted by Gasteiger charge is -2.34. The monoisotopic (exact) mass is 451 g/mol. The number of ether oxygens (including phenoxy) is 1. The molecule has 174 valence electrons. The Morgan fingerprint density at radius 2 is 1.58 bits per heavy atom.